The summed E-state index contributed by atoms with van der Waals surface area (Å²) in [5.74, 6) is -1.09. The molecule has 7 heteroatoms. The molecule has 100 valence electrons. The SMILES string of the molecule is Cc1nc(CNC(=O)CCC(C)N)sc1C(=O)O. The Labute approximate surface area is 109 Å². The summed E-state index contributed by atoms with van der Waals surface area (Å²) in [6, 6.07) is -0.00327. The van der Waals surface area contributed by atoms with Crippen molar-refractivity contribution >= 4 is 23.2 Å². The van der Waals surface area contributed by atoms with E-state index >= 15 is 0 Å². The van der Waals surface area contributed by atoms with Crippen LogP contribution in [0.15, 0.2) is 0 Å². The third-order valence-electron chi connectivity index (χ3n) is 2.30. The van der Waals surface area contributed by atoms with Gasteiger partial charge in [0.2, 0.25) is 5.91 Å². The second-order valence-corrected chi connectivity index (χ2v) is 5.20. The number of carbonyl (C=O) groups excluding carboxylic acids is 1. The highest BCUT2D eigenvalue weighted by Gasteiger charge is 2.14. The minimum absolute atomic E-state index is 0.00327. The van der Waals surface area contributed by atoms with E-state index in [2.05, 4.69) is 10.3 Å². The number of thiazole rings is 1. The lowest BCUT2D eigenvalue weighted by Crippen LogP contribution is -2.25. The standard InChI is InChI=1S/C11H17N3O3S/c1-6(12)3-4-8(15)13-5-9-14-7(2)10(18-9)11(16)17/h6H,3-5,12H2,1-2H3,(H,13,15)(H,16,17). The Balaban J connectivity index is 2.46. The Morgan fingerprint density at radius 3 is 2.72 bits per heavy atom. The maximum absolute atomic E-state index is 11.4. The van der Waals surface area contributed by atoms with Gasteiger partial charge < -0.3 is 16.2 Å². The molecule has 1 aromatic rings. The van der Waals surface area contributed by atoms with Gasteiger partial charge in [0, 0.05) is 12.5 Å². The fourth-order valence-corrected chi connectivity index (χ4v) is 2.19. The summed E-state index contributed by atoms with van der Waals surface area (Å²) in [6.45, 7) is 3.74. The molecule has 0 saturated carbocycles. The van der Waals surface area contributed by atoms with Crippen LogP contribution >= 0.6 is 11.3 Å². The molecule has 0 bridgehead atoms. The molecule has 4 N–H and O–H groups in total. The Hall–Kier alpha value is -1.47. The van der Waals surface area contributed by atoms with Gasteiger partial charge in [0.15, 0.2) is 0 Å². The van der Waals surface area contributed by atoms with E-state index in [1.807, 2.05) is 6.92 Å². The zero-order valence-electron chi connectivity index (χ0n) is 10.4. The van der Waals surface area contributed by atoms with E-state index in [4.69, 9.17) is 10.8 Å². The van der Waals surface area contributed by atoms with Crippen LogP contribution < -0.4 is 11.1 Å². The first-order valence-corrected chi connectivity index (χ1v) is 6.43. The maximum Gasteiger partial charge on any atom is 0.347 e. The van der Waals surface area contributed by atoms with Gasteiger partial charge in [-0.05, 0) is 20.3 Å². The van der Waals surface area contributed by atoms with E-state index in [-0.39, 0.29) is 23.4 Å². The van der Waals surface area contributed by atoms with Crippen LogP contribution in [-0.4, -0.2) is 28.0 Å². The molecule has 18 heavy (non-hydrogen) atoms. The van der Waals surface area contributed by atoms with Crippen LogP contribution in [0.5, 0.6) is 0 Å². The fourth-order valence-electron chi connectivity index (χ4n) is 1.35. The summed E-state index contributed by atoms with van der Waals surface area (Å²) >= 11 is 1.08. The van der Waals surface area contributed by atoms with Gasteiger partial charge in [-0.1, -0.05) is 0 Å². The first-order chi connectivity index (χ1) is 8.40. The number of aromatic nitrogens is 1. The molecule has 6 nitrogen and oxygen atoms in total. The molecular formula is C11H17N3O3S. The number of hydrogen-bond donors (Lipinski definition) is 3. The fraction of sp³-hybridized carbons (Fsp3) is 0.545. The van der Waals surface area contributed by atoms with Gasteiger partial charge in [0.25, 0.3) is 0 Å². The molecule has 1 heterocycles. The minimum Gasteiger partial charge on any atom is -0.477 e. The average Bonchev–Trinajstić information content (AvgIpc) is 2.65. The molecule has 0 aliphatic heterocycles. The van der Waals surface area contributed by atoms with E-state index < -0.39 is 5.97 Å². The first-order valence-electron chi connectivity index (χ1n) is 5.62. The molecule has 0 spiro atoms. The molecule has 0 aromatic carbocycles. The molecule has 1 aromatic heterocycles. The number of nitrogens with two attached hydrogens (primary N) is 1. The molecule has 0 aliphatic carbocycles. The lowest BCUT2D eigenvalue weighted by atomic mass is 10.2. The van der Waals surface area contributed by atoms with Gasteiger partial charge in [0.1, 0.15) is 9.88 Å². The number of nitrogens with one attached hydrogen (secondary N) is 1. The second-order valence-electron chi connectivity index (χ2n) is 4.12. The Morgan fingerprint density at radius 1 is 1.56 bits per heavy atom. The molecule has 0 fully saturated rings. The van der Waals surface area contributed by atoms with Crippen LogP contribution in [-0.2, 0) is 11.3 Å². The van der Waals surface area contributed by atoms with Gasteiger partial charge in [-0.2, -0.15) is 0 Å². The van der Waals surface area contributed by atoms with Crippen LogP contribution in [0, 0.1) is 6.92 Å². The number of aromatic carboxylic acids is 1. The number of nitrogens with zero attached hydrogens (tertiary/aromatic N) is 1. The second kappa shape index (κ2) is 6.46. The molecule has 0 saturated heterocycles. The number of carboxylic acid groups (broad SMARTS) is 1. The van der Waals surface area contributed by atoms with Crippen molar-refractivity contribution in [1.29, 1.82) is 0 Å². The van der Waals surface area contributed by atoms with Crippen LogP contribution in [0.3, 0.4) is 0 Å². The molecular weight excluding hydrogens is 254 g/mol. The van der Waals surface area contributed by atoms with Crippen LogP contribution in [0.1, 0.15) is 40.1 Å². The number of carboxylic acids is 1. The predicted octanol–water partition coefficient (Wildman–Crippen LogP) is 0.893. The Morgan fingerprint density at radius 2 is 2.22 bits per heavy atom. The molecule has 1 atom stereocenters. The number of amides is 1. The smallest absolute Gasteiger partial charge is 0.347 e. The molecule has 0 radical (unpaired) electrons. The third kappa shape index (κ3) is 4.42. The Bertz CT molecular complexity index is 443. The highest BCUT2D eigenvalue weighted by atomic mass is 32.1. The van der Waals surface area contributed by atoms with E-state index in [1.165, 1.54) is 0 Å². The van der Waals surface area contributed by atoms with Crippen molar-refractivity contribution in [3.63, 3.8) is 0 Å². The van der Waals surface area contributed by atoms with E-state index in [9.17, 15) is 9.59 Å². The highest BCUT2D eigenvalue weighted by molar-refractivity contribution is 7.13. The lowest BCUT2D eigenvalue weighted by Gasteiger charge is -2.05. The van der Waals surface area contributed by atoms with Crippen molar-refractivity contribution < 1.29 is 14.7 Å². The van der Waals surface area contributed by atoms with Crippen molar-refractivity contribution in [1.82, 2.24) is 10.3 Å². The first kappa shape index (κ1) is 14.6. The lowest BCUT2D eigenvalue weighted by molar-refractivity contribution is -0.121. The molecule has 1 unspecified atom stereocenters. The summed E-state index contributed by atoms with van der Waals surface area (Å²) in [4.78, 5) is 26.6. The van der Waals surface area contributed by atoms with E-state index in [0.717, 1.165) is 11.3 Å². The van der Waals surface area contributed by atoms with Gasteiger partial charge in [-0.25, -0.2) is 9.78 Å². The molecule has 0 aliphatic rings. The molecule has 1 rings (SSSR count). The monoisotopic (exact) mass is 271 g/mol. The van der Waals surface area contributed by atoms with Crippen molar-refractivity contribution in [3.05, 3.63) is 15.6 Å². The molecule has 1 amide bonds. The summed E-state index contributed by atoms with van der Waals surface area (Å²) in [6.07, 6.45) is 0.997. The number of carbonyl (C=O) groups is 2. The summed E-state index contributed by atoms with van der Waals surface area (Å²) < 4.78 is 0. The van der Waals surface area contributed by atoms with Gasteiger partial charge in [-0.15, -0.1) is 11.3 Å². The summed E-state index contributed by atoms with van der Waals surface area (Å²) in [7, 11) is 0. The largest absolute Gasteiger partial charge is 0.477 e. The number of rotatable bonds is 6. The van der Waals surface area contributed by atoms with Crippen LogP contribution in [0.4, 0.5) is 0 Å². The zero-order valence-corrected chi connectivity index (χ0v) is 11.2. The van der Waals surface area contributed by atoms with Crippen LogP contribution in [0.2, 0.25) is 0 Å². The van der Waals surface area contributed by atoms with E-state index in [1.54, 1.807) is 6.92 Å². The van der Waals surface area contributed by atoms with Gasteiger partial charge in [0.05, 0.1) is 12.2 Å². The highest BCUT2D eigenvalue weighted by Crippen LogP contribution is 2.17. The quantitative estimate of drug-likeness (QED) is 0.712. The number of hydrogen-bond acceptors (Lipinski definition) is 5. The van der Waals surface area contributed by atoms with Crippen molar-refractivity contribution in [2.24, 2.45) is 5.73 Å². The van der Waals surface area contributed by atoms with Crippen LogP contribution in [0.25, 0.3) is 0 Å². The average molecular weight is 271 g/mol. The van der Waals surface area contributed by atoms with Gasteiger partial charge >= 0.3 is 5.97 Å². The summed E-state index contributed by atoms with van der Waals surface area (Å²) in [5.41, 5.74) is 6.03. The maximum atomic E-state index is 11.4. The summed E-state index contributed by atoms with van der Waals surface area (Å²) in [5, 5.41) is 12.2. The third-order valence-corrected chi connectivity index (χ3v) is 3.44. The predicted molar refractivity (Wildman–Crippen MR) is 68.5 cm³/mol. The normalized spacial score (nSPS) is 12.2. The Kier molecular flexibility index (Phi) is 5.24. The van der Waals surface area contributed by atoms with Gasteiger partial charge in [-0.3, -0.25) is 4.79 Å². The number of aryl methyl sites for hydroxylation is 1. The van der Waals surface area contributed by atoms with E-state index in [0.29, 0.717) is 23.5 Å². The van der Waals surface area contributed by atoms with Crippen molar-refractivity contribution in [2.75, 3.05) is 0 Å². The zero-order chi connectivity index (χ0) is 13.7. The topological polar surface area (TPSA) is 105 Å². The minimum atomic E-state index is -0.987. The van der Waals surface area contributed by atoms with Crippen molar-refractivity contribution in [3.8, 4) is 0 Å². The van der Waals surface area contributed by atoms with Crippen molar-refractivity contribution in [2.45, 2.75) is 39.3 Å².